The van der Waals surface area contributed by atoms with Gasteiger partial charge in [0.25, 0.3) is 5.91 Å². The van der Waals surface area contributed by atoms with E-state index in [4.69, 9.17) is 17.3 Å². The van der Waals surface area contributed by atoms with E-state index in [9.17, 15) is 4.79 Å². The summed E-state index contributed by atoms with van der Waals surface area (Å²) < 4.78 is 0. The van der Waals surface area contributed by atoms with Crippen molar-refractivity contribution in [3.05, 3.63) is 59.2 Å². The molecule has 1 heterocycles. The standard InChI is InChI=1S/C15H12ClN5O/c16-9-6-7-11-12(8-9)19-20-14(13(11)17)15(22)21-18-10-4-2-1-3-5-10/h1-8,18H,(H2,17,19)(H,21,22). The zero-order chi connectivity index (χ0) is 15.5. The Kier molecular flexibility index (Phi) is 3.76. The number of aromatic nitrogens is 2. The summed E-state index contributed by atoms with van der Waals surface area (Å²) in [5.74, 6) is -0.467. The van der Waals surface area contributed by atoms with Crippen LogP contribution in [0.25, 0.3) is 10.9 Å². The minimum Gasteiger partial charge on any atom is -0.396 e. The summed E-state index contributed by atoms with van der Waals surface area (Å²) in [5.41, 5.74) is 12.9. The molecule has 1 amide bonds. The Hall–Kier alpha value is -2.86. The van der Waals surface area contributed by atoms with Gasteiger partial charge in [-0.25, -0.2) is 0 Å². The van der Waals surface area contributed by atoms with Crippen LogP contribution in [0, 0.1) is 0 Å². The Morgan fingerprint density at radius 3 is 2.64 bits per heavy atom. The third kappa shape index (κ3) is 2.77. The number of benzene rings is 2. The van der Waals surface area contributed by atoms with Gasteiger partial charge in [-0.05, 0) is 30.3 Å². The summed E-state index contributed by atoms with van der Waals surface area (Å²) in [6.07, 6.45) is 0. The van der Waals surface area contributed by atoms with E-state index in [0.717, 1.165) is 5.69 Å². The number of nitrogens with zero attached hydrogens (tertiary/aromatic N) is 2. The zero-order valence-electron chi connectivity index (χ0n) is 11.4. The Bertz CT molecular complexity index is 838. The van der Waals surface area contributed by atoms with Gasteiger partial charge in [0.1, 0.15) is 0 Å². The first kappa shape index (κ1) is 14.1. The number of rotatable bonds is 3. The lowest BCUT2D eigenvalue weighted by molar-refractivity contribution is 0.0958. The van der Waals surface area contributed by atoms with Crippen molar-refractivity contribution in [2.24, 2.45) is 0 Å². The van der Waals surface area contributed by atoms with E-state index >= 15 is 0 Å². The number of halogens is 1. The number of carbonyl (C=O) groups is 1. The quantitative estimate of drug-likeness (QED) is 0.646. The molecule has 0 spiro atoms. The van der Waals surface area contributed by atoms with Crippen LogP contribution >= 0.6 is 11.6 Å². The Morgan fingerprint density at radius 1 is 1.09 bits per heavy atom. The monoisotopic (exact) mass is 313 g/mol. The second-order valence-electron chi connectivity index (χ2n) is 4.57. The number of fused-ring (bicyclic) bond motifs is 1. The molecule has 22 heavy (non-hydrogen) atoms. The highest BCUT2D eigenvalue weighted by atomic mass is 35.5. The summed E-state index contributed by atoms with van der Waals surface area (Å²) in [6, 6.07) is 14.3. The first-order valence-corrected chi connectivity index (χ1v) is 6.86. The maximum absolute atomic E-state index is 12.2. The maximum atomic E-state index is 12.2. The number of amides is 1. The molecule has 0 aliphatic rings. The predicted octanol–water partition coefficient (Wildman–Crippen LogP) is 2.62. The Labute approximate surface area is 131 Å². The molecule has 0 atom stereocenters. The smallest absolute Gasteiger partial charge is 0.292 e. The fourth-order valence-electron chi connectivity index (χ4n) is 1.98. The molecule has 0 unspecified atom stereocenters. The van der Waals surface area contributed by atoms with Crippen LogP contribution in [-0.2, 0) is 0 Å². The lowest BCUT2D eigenvalue weighted by Crippen LogP contribution is -2.31. The van der Waals surface area contributed by atoms with Gasteiger partial charge in [0.05, 0.1) is 16.9 Å². The molecule has 0 saturated carbocycles. The van der Waals surface area contributed by atoms with Crippen LogP contribution in [0.4, 0.5) is 11.4 Å². The van der Waals surface area contributed by atoms with E-state index in [-0.39, 0.29) is 11.4 Å². The van der Waals surface area contributed by atoms with Crippen molar-refractivity contribution in [1.82, 2.24) is 15.6 Å². The Morgan fingerprint density at radius 2 is 1.86 bits per heavy atom. The van der Waals surface area contributed by atoms with Crippen LogP contribution in [0.5, 0.6) is 0 Å². The average molecular weight is 314 g/mol. The summed E-state index contributed by atoms with van der Waals surface area (Å²) >= 11 is 5.89. The molecule has 6 nitrogen and oxygen atoms in total. The molecule has 3 rings (SSSR count). The molecule has 0 fully saturated rings. The van der Waals surface area contributed by atoms with Gasteiger partial charge in [-0.3, -0.25) is 15.6 Å². The third-order valence-corrected chi connectivity index (χ3v) is 3.31. The number of nitrogens with one attached hydrogen (secondary N) is 2. The molecular formula is C15H12ClN5O. The molecule has 1 aromatic heterocycles. The summed E-state index contributed by atoms with van der Waals surface area (Å²) in [6.45, 7) is 0. The van der Waals surface area contributed by atoms with Gasteiger partial charge in [0, 0.05) is 10.4 Å². The van der Waals surface area contributed by atoms with Crippen LogP contribution < -0.4 is 16.6 Å². The van der Waals surface area contributed by atoms with E-state index < -0.39 is 5.91 Å². The molecular weight excluding hydrogens is 302 g/mol. The molecule has 7 heteroatoms. The number of nitrogens with two attached hydrogens (primary N) is 1. The van der Waals surface area contributed by atoms with Crippen molar-refractivity contribution in [2.75, 3.05) is 11.2 Å². The molecule has 0 saturated heterocycles. The molecule has 3 aromatic rings. The van der Waals surface area contributed by atoms with Gasteiger partial charge in [-0.1, -0.05) is 29.8 Å². The first-order valence-electron chi connectivity index (χ1n) is 6.48. The van der Waals surface area contributed by atoms with Gasteiger partial charge in [-0.15, -0.1) is 10.2 Å². The molecule has 0 radical (unpaired) electrons. The zero-order valence-corrected chi connectivity index (χ0v) is 12.1. The molecule has 0 aliphatic carbocycles. The van der Waals surface area contributed by atoms with Crippen LogP contribution in [0.3, 0.4) is 0 Å². The van der Waals surface area contributed by atoms with Crippen molar-refractivity contribution in [2.45, 2.75) is 0 Å². The predicted molar refractivity (Wildman–Crippen MR) is 86.5 cm³/mol. The molecule has 0 aliphatic heterocycles. The van der Waals surface area contributed by atoms with Crippen LogP contribution in [0.15, 0.2) is 48.5 Å². The highest BCUT2D eigenvalue weighted by Crippen LogP contribution is 2.24. The van der Waals surface area contributed by atoms with Crippen LogP contribution in [0.2, 0.25) is 5.02 Å². The van der Waals surface area contributed by atoms with Crippen molar-refractivity contribution in [3.63, 3.8) is 0 Å². The van der Waals surface area contributed by atoms with E-state index in [1.807, 2.05) is 30.3 Å². The van der Waals surface area contributed by atoms with Gasteiger partial charge < -0.3 is 5.73 Å². The van der Waals surface area contributed by atoms with Gasteiger partial charge in [0.2, 0.25) is 0 Å². The van der Waals surface area contributed by atoms with Crippen molar-refractivity contribution >= 4 is 39.8 Å². The fourth-order valence-corrected chi connectivity index (χ4v) is 2.14. The maximum Gasteiger partial charge on any atom is 0.292 e. The van der Waals surface area contributed by atoms with E-state index in [0.29, 0.717) is 15.9 Å². The van der Waals surface area contributed by atoms with Gasteiger partial charge in [0.15, 0.2) is 5.69 Å². The van der Waals surface area contributed by atoms with E-state index in [1.165, 1.54) is 0 Å². The molecule has 4 N–H and O–H groups in total. The number of para-hydroxylation sites is 1. The van der Waals surface area contributed by atoms with Crippen molar-refractivity contribution in [1.29, 1.82) is 0 Å². The lowest BCUT2D eigenvalue weighted by Gasteiger charge is -2.10. The minimum atomic E-state index is -0.467. The topological polar surface area (TPSA) is 92.9 Å². The number of hydrazine groups is 1. The normalized spacial score (nSPS) is 10.4. The second kappa shape index (κ2) is 5.87. The minimum absolute atomic E-state index is 0.0539. The summed E-state index contributed by atoms with van der Waals surface area (Å²) in [4.78, 5) is 12.2. The van der Waals surface area contributed by atoms with Crippen molar-refractivity contribution < 1.29 is 4.79 Å². The summed E-state index contributed by atoms with van der Waals surface area (Å²) in [7, 11) is 0. The highest BCUT2D eigenvalue weighted by molar-refractivity contribution is 6.31. The number of nitrogen functional groups attached to an aromatic ring is 1. The lowest BCUT2D eigenvalue weighted by atomic mass is 10.1. The molecule has 0 bridgehead atoms. The number of hydrogen-bond acceptors (Lipinski definition) is 5. The number of hydrogen-bond donors (Lipinski definition) is 3. The third-order valence-electron chi connectivity index (χ3n) is 3.07. The molecule has 2 aromatic carbocycles. The Balaban J connectivity index is 1.85. The fraction of sp³-hybridized carbons (Fsp3) is 0. The number of carbonyl (C=O) groups excluding carboxylic acids is 1. The summed E-state index contributed by atoms with van der Waals surface area (Å²) in [5, 5.41) is 9.01. The highest BCUT2D eigenvalue weighted by Gasteiger charge is 2.15. The van der Waals surface area contributed by atoms with E-state index in [2.05, 4.69) is 21.0 Å². The van der Waals surface area contributed by atoms with Crippen LogP contribution in [0.1, 0.15) is 10.5 Å². The number of anilines is 2. The molecule has 110 valence electrons. The largest absolute Gasteiger partial charge is 0.396 e. The second-order valence-corrected chi connectivity index (χ2v) is 5.01. The average Bonchev–Trinajstić information content (AvgIpc) is 2.54. The van der Waals surface area contributed by atoms with Gasteiger partial charge >= 0.3 is 0 Å². The van der Waals surface area contributed by atoms with Crippen molar-refractivity contribution in [3.8, 4) is 0 Å². The van der Waals surface area contributed by atoms with E-state index in [1.54, 1.807) is 18.2 Å². The van der Waals surface area contributed by atoms with Gasteiger partial charge in [-0.2, -0.15) is 0 Å². The SMILES string of the molecule is Nc1c(C(=O)NNc2ccccc2)nnc2cc(Cl)ccc12. The van der Waals surface area contributed by atoms with Crippen LogP contribution in [-0.4, -0.2) is 16.1 Å². The first-order chi connectivity index (χ1) is 10.6.